The third kappa shape index (κ3) is 3.20. The van der Waals surface area contributed by atoms with E-state index >= 15 is 0 Å². The molecule has 5 nitrogen and oxygen atoms in total. The van der Waals surface area contributed by atoms with Crippen LogP contribution in [-0.2, 0) is 0 Å². The number of nitrogens with two attached hydrogens (primary N) is 1. The van der Waals surface area contributed by atoms with E-state index < -0.39 is 5.97 Å². The van der Waals surface area contributed by atoms with Crippen molar-refractivity contribution in [2.45, 2.75) is 6.92 Å². The number of nitrogens with one attached hydrogen (secondary N) is 1. The number of rotatable bonds is 5. The zero-order valence-electron chi connectivity index (χ0n) is 11.1. The largest absolute Gasteiger partial charge is 0.494 e. The molecule has 2 rings (SSSR count). The Kier molecular flexibility index (Phi) is 4.10. The highest BCUT2D eigenvalue weighted by Gasteiger charge is 2.10. The van der Waals surface area contributed by atoms with Gasteiger partial charge in [0.2, 0.25) is 0 Å². The Balaban J connectivity index is 2.30. The summed E-state index contributed by atoms with van der Waals surface area (Å²) in [6.45, 7) is 2.48. The second kappa shape index (κ2) is 5.97. The van der Waals surface area contributed by atoms with Crippen molar-refractivity contribution in [3.05, 3.63) is 48.0 Å². The SMILES string of the molecule is CCOc1cccc(Nc2ccc(N)cc2C(=O)O)c1. The summed E-state index contributed by atoms with van der Waals surface area (Å²) in [6.07, 6.45) is 0. The lowest BCUT2D eigenvalue weighted by atomic mass is 10.1. The fraction of sp³-hybridized carbons (Fsp3) is 0.133. The van der Waals surface area contributed by atoms with E-state index in [4.69, 9.17) is 10.5 Å². The summed E-state index contributed by atoms with van der Waals surface area (Å²) in [5, 5.41) is 12.3. The van der Waals surface area contributed by atoms with Gasteiger partial charge in [-0.25, -0.2) is 4.79 Å². The van der Waals surface area contributed by atoms with Crippen molar-refractivity contribution in [3.63, 3.8) is 0 Å². The van der Waals surface area contributed by atoms with Crippen molar-refractivity contribution >= 4 is 23.0 Å². The molecular weight excluding hydrogens is 256 g/mol. The van der Waals surface area contributed by atoms with Crippen molar-refractivity contribution in [3.8, 4) is 5.75 Å². The Bertz CT molecular complexity index is 626. The quantitative estimate of drug-likeness (QED) is 0.728. The number of carboxylic acids is 1. The van der Waals surface area contributed by atoms with Crippen LogP contribution in [-0.4, -0.2) is 17.7 Å². The molecule has 0 bridgehead atoms. The molecule has 0 atom stereocenters. The number of benzene rings is 2. The number of hydrogen-bond donors (Lipinski definition) is 3. The van der Waals surface area contributed by atoms with Crippen LogP contribution in [0.5, 0.6) is 5.75 Å². The number of carboxylic acid groups (broad SMARTS) is 1. The highest BCUT2D eigenvalue weighted by molar-refractivity contribution is 5.96. The summed E-state index contributed by atoms with van der Waals surface area (Å²) in [5.41, 5.74) is 7.39. The van der Waals surface area contributed by atoms with Crippen molar-refractivity contribution in [1.82, 2.24) is 0 Å². The van der Waals surface area contributed by atoms with Gasteiger partial charge in [-0.3, -0.25) is 0 Å². The molecule has 0 heterocycles. The molecule has 0 aliphatic heterocycles. The standard InChI is InChI=1S/C15H16N2O3/c1-2-20-12-5-3-4-11(9-12)17-14-7-6-10(16)8-13(14)15(18)19/h3-9,17H,2,16H2,1H3,(H,18,19). The summed E-state index contributed by atoms with van der Waals surface area (Å²) in [4.78, 5) is 11.2. The van der Waals surface area contributed by atoms with Crippen LogP contribution in [0.15, 0.2) is 42.5 Å². The van der Waals surface area contributed by atoms with Gasteiger partial charge in [0.25, 0.3) is 0 Å². The van der Waals surface area contributed by atoms with E-state index in [9.17, 15) is 9.90 Å². The van der Waals surface area contributed by atoms with Gasteiger partial charge in [-0.15, -0.1) is 0 Å². The van der Waals surface area contributed by atoms with Gasteiger partial charge in [0.1, 0.15) is 5.75 Å². The molecule has 20 heavy (non-hydrogen) atoms. The zero-order chi connectivity index (χ0) is 14.5. The van der Waals surface area contributed by atoms with E-state index in [1.165, 1.54) is 6.07 Å². The summed E-state index contributed by atoms with van der Waals surface area (Å²) in [5.74, 6) is -0.300. The van der Waals surface area contributed by atoms with Gasteiger partial charge in [0, 0.05) is 17.4 Å². The first-order valence-electron chi connectivity index (χ1n) is 6.23. The van der Waals surface area contributed by atoms with E-state index in [0.717, 1.165) is 11.4 Å². The zero-order valence-corrected chi connectivity index (χ0v) is 11.1. The molecule has 0 aliphatic carbocycles. The van der Waals surface area contributed by atoms with Gasteiger partial charge in [-0.2, -0.15) is 0 Å². The van der Waals surface area contributed by atoms with Gasteiger partial charge in [0.05, 0.1) is 17.9 Å². The summed E-state index contributed by atoms with van der Waals surface area (Å²) >= 11 is 0. The maximum absolute atomic E-state index is 11.2. The predicted octanol–water partition coefficient (Wildman–Crippen LogP) is 3.11. The molecule has 5 heteroatoms. The van der Waals surface area contributed by atoms with Crippen LogP contribution in [0.4, 0.5) is 17.1 Å². The minimum atomic E-state index is -1.03. The molecule has 4 N–H and O–H groups in total. The fourth-order valence-corrected chi connectivity index (χ4v) is 1.83. The van der Waals surface area contributed by atoms with Crippen LogP contribution in [0.1, 0.15) is 17.3 Å². The fourth-order valence-electron chi connectivity index (χ4n) is 1.83. The van der Waals surface area contributed by atoms with Crippen molar-refractivity contribution in [2.24, 2.45) is 0 Å². The molecule has 2 aromatic carbocycles. The van der Waals surface area contributed by atoms with Crippen LogP contribution in [0.25, 0.3) is 0 Å². The molecule has 0 aliphatic rings. The molecular formula is C15H16N2O3. The number of aromatic carboxylic acids is 1. The topological polar surface area (TPSA) is 84.6 Å². The molecule has 104 valence electrons. The Morgan fingerprint density at radius 2 is 2.10 bits per heavy atom. The number of ether oxygens (including phenoxy) is 1. The van der Waals surface area contributed by atoms with E-state index in [1.54, 1.807) is 12.1 Å². The smallest absolute Gasteiger partial charge is 0.337 e. The van der Waals surface area contributed by atoms with E-state index in [2.05, 4.69) is 5.32 Å². The first kappa shape index (κ1) is 13.7. The lowest BCUT2D eigenvalue weighted by Crippen LogP contribution is -2.04. The van der Waals surface area contributed by atoms with Gasteiger partial charge < -0.3 is 20.9 Å². The molecule has 0 radical (unpaired) electrons. The molecule has 0 saturated heterocycles. The average Bonchev–Trinajstić information content (AvgIpc) is 2.41. The molecule has 2 aromatic rings. The second-order valence-corrected chi connectivity index (χ2v) is 4.20. The van der Waals surface area contributed by atoms with Crippen LogP contribution in [0, 0.1) is 0 Å². The van der Waals surface area contributed by atoms with E-state index in [0.29, 0.717) is 18.0 Å². The molecule has 0 amide bonds. The summed E-state index contributed by atoms with van der Waals surface area (Å²) < 4.78 is 5.40. The lowest BCUT2D eigenvalue weighted by Gasteiger charge is -2.11. The van der Waals surface area contributed by atoms with E-state index in [1.807, 2.05) is 31.2 Å². The third-order valence-corrected chi connectivity index (χ3v) is 2.70. The Hall–Kier alpha value is -2.69. The van der Waals surface area contributed by atoms with Crippen LogP contribution in [0.3, 0.4) is 0 Å². The number of nitrogen functional groups attached to an aromatic ring is 1. The first-order chi connectivity index (χ1) is 9.60. The molecule has 0 fully saturated rings. The van der Waals surface area contributed by atoms with Gasteiger partial charge in [0.15, 0.2) is 0 Å². The average molecular weight is 272 g/mol. The lowest BCUT2D eigenvalue weighted by molar-refractivity contribution is 0.0698. The molecule has 0 spiro atoms. The molecule has 0 aromatic heterocycles. The maximum atomic E-state index is 11.2. The minimum absolute atomic E-state index is 0.131. The monoisotopic (exact) mass is 272 g/mol. The predicted molar refractivity (Wildman–Crippen MR) is 78.7 cm³/mol. The van der Waals surface area contributed by atoms with Crippen LogP contribution in [0.2, 0.25) is 0 Å². The van der Waals surface area contributed by atoms with Gasteiger partial charge in [-0.05, 0) is 37.3 Å². The summed E-state index contributed by atoms with van der Waals surface area (Å²) in [7, 11) is 0. The Labute approximate surface area is 117 Å². The minimum Gasteiger partial charge on any atom is -0.494 e. The normalized spacial score (nSPS) is 10.1. The van der Waals surface area contributed by atoms with Gasteiger partial charge in [-0.1, -0.05) is 6.07 Å². The number of carbonyl (C=O) groups is 1. The maximum Gasteiger partial charge on any atom is 0.337 e. The Morgan fingerprint density at radius 1 is 1.30 bits per heavy atom. The highest BCUT2D eigenvalue weighted by atomic mass is 16.5. The number of hydrogen-bond acceptors (Lipinski definition) is 4. The van der Waals surface area contributed by atoms with Crippen molar-refractivity contribution in [1.29, 1.82) is 0 Å². The third-order valence-electron chi connectivity index (χ3n) is 2.70. The van der Waals surface area contributed by atoms with E-state index in [-0.39, 0.29) is 5.56 Å². The summed E-state index contributed by atoms with van der Waals surface area (Å²) in [6, 6.07) is 12.1. The molecule has 0 unspecified atom stereocenters. The second-order valence-electron chi connectivity index (χ2n) is 4.20. The first-order valence-corrected chi connectivity index (χ1v) is 6.23. The van der Waals surface area contributed by atoms with Crippen molar-refractivity contribution < 1.29 is 14.6 Å². The van der Waals surface area contributed by atoms with Crippen LogP contribution < -0.4 is 15.8 Å². The highest BCUT2D eigenvalue weighted by Crippen LogP contribution is 2.25. The number of anilines is 3. The van der Waals surface area contributed by atoms with Crippen molar-refractivity contribution in [2.75, 3.05) is 17.7 Å². The van der Waals surface area contributed by atoms with Gasteiger partial charge >= 0.3 is 5.97 Å². The van der Waals surface area contributed by atoms with Crippen LogP contribution >= 0.6 is 0 Å². The molecule has 0 saturated carbocycles. The Morgan fingerprint density at radius 3 is 2.80 bits per heavy atom.